The van der Waals surface area contributed by atoms with Crippen LogP contribution in [0.15, 0.2) is 114 Å². The van der Waals surface area contributed by atoms with Gasteiger partial charge in [-0.05, 0) is 82.3 Å². The van der Waals surface area contributed by atoms with E-state index in [0.717, 1.165) is 43.5 Å². The van der Waals surface area contributed by atoms with Crippen molar-refractivity contribution in [3.8, 4) is 16.2 Å². The molecule has 4 aromatic carbocycles. The molecule has 0 atom stereocenters. The maximum Gasteiger partial charge on any atom is 0.416 e. The number of carbonyl (C=O) groups is 1. The fraction of sp³-hybridized carbons (Fsp3) is 0.275. The number of thiophene rings is 1. The molecule has 0 spiro atoms. The Morgan fingerprint density at radius 3 is 2.00 bits per heavy atom. The van der Waals surface area contributed by atoms with Crippen LogP contribution in [0.25, 0.3) is 10.4 Å². The van der Waals surface area contributed by atoms with Crippen molar-refractivity contribution in [3.63, 3.8) is 0 Å². The molecule has 5 aromatic rings. The molecule has 262 valence electrons. The van der Waals surface area contributed by atoms with E-state index in [2.05, 4.69) is 75.4 Å². The Bertz CT molecular complexity index is 1830. The average Bonchev–Trinajstić information content (AvgIpc) is 3.50. The van der Waals surface area contributed by atoms with E-state index in [-0.39, 0.29) is 11.6 Å². The van der Waals surface area contributed by atoms with Crippen molar-refractivity contribution in [2.24, 2.45) is 0 Å². The number of hydrogen-bond acceptors (Lipinski definition) is 6. The van der Waals surface area contributed by atoms with Gasteiger partial charge in [-0.15, -0.1) is 23.1 Å². The molecule has 5 rings (SSSR count). The molecule has 0 unspecified atom stereocenters. The van der Waals surface area contributed by atoms with Crippen LogP contribution in [0.2, 0.25) is 5.04 Å². The van der Waals surface area contributed by atoms with Gasteiger partial charge >= 0.3 is 12.1 Å². The first-order valence-corrected chi connectivity index (χ1v) is 20.1. The van der Waals surface area contributed by atoms with Crippen molar-refractivity contribution in [3.05, 3.63) is 131 Å². The molecule has 0 amide bonds. The fourth-order valence-corrected chi connectivity index (χ4v) is 12.8. The van der Waals surface area contributed by atoms with Crippen molar-refractivity contribution in [1.29, 1.82) is 0 Å². The van der Waals surface area contributed by atoms with Crippen LogP contribution < -0.4 is 15.1 Å². The van der Waals surface area contributed by atoms with Crippen molar-refractivity contribution in [1.82, 2.24) is 0 Å². The molecule has 0 aliphatic rings. The Hall–Kier alpha value is -3.83. The minimum absolute atomic E-state index is 0.155. The standard InChI is InChI=1S/C40H41F3O4S2Si/c1-6-45-38(44)26-46-35-22-21-32(23-28(35)2)48-27-37-30(24-36(49-37)29-17-19-31(20-18-29)40(41,42)43)25-47-50(39(3,4)5,33-13-9-7-10-14-33)34-15-11-8-12-16-34/h7-24H,6,25-27H2,1-5H3. The van der Waals surface area contributed by atoms with Gasteiger partial charge in [0.2, 0.25) is 0 Å². The SMILES string of the molecule is CCOC(=O)COc1ccc(SCc2sc(-c3ccc(C(F)(F)F)cc3)cc2CO[Si](c2ccccc2)(c2ccccc2)C(C)(C)C)cc1C. The van der Waals surface area contributed by atoms with E-state index < -0.39 is 26.0 Å². The number of alkyl halides is 3. The summed E-state index contributed by atoms with van der Waals surface area (Å²) in [6.07, 6.45) is -4.40. The van der Waals surface area contributed by atoms with Gasteiger partial charge in [0.05, 0.1) is 18.8 Å². The fourth-order valence-electron chi connectivity index (χ4n) is 5.99. The number of rotatable bonds is 13. The minimum Gasteiger partial charge on any atom is -0.482 e. The molecule has 0 aliphatic heterocycles. The first-order chi connectivity index (χ1) is 23.8. The summed E-state index contributed by atoms with van der Waals surface area (Å²) in [5, 5.41) is 2.13. The topological polar surface area (TPSA) is 44.8 Å². The molecule has 50 heavy (non-hydrogen) atoms. The van der Waals surface area contributed by atoms with Gasteiger partial charge in [-0.3, -0.25) is 0 Å². The lowest BCUT2D eigenvalue weighted by Crippen LogP contribution is -2.66. The van der Waals surface area contributed by atoms with E-state index in [1.165, 1.54) is 22.5 Å². The van der Waals surface area contributed by atoms with Crippen LogP contribution in [0.5, 0.6) is 5.75 Å². The first-order valence-electron chi connectivity index (χ1n) is 16.4. The Morgan fingerprint density at radius 1 is 0.840 bits per heavy atom. The van der Waals surface area contributed by atoms with Crippen LogP contribution in [0.1, 0.15) is 49.3 Å². The van der Waals surface area contributed by atoms with Crippen LogP contribution in [-0.2, 0) is 32.5 Å². The molecule has 0 bridgehead atoms. The summed E-state index contributed by atoms with van der Waals surface area (Å²) in [4.78, 5) is 14.8. The zero-order valence-electron chi connectivity index (χ0n) is 28.8. The highest BCUT2D eigenvalue weighted by atomic mass is 32.2. The summed E-state index contributed by atoms with van der Waals surface area (Å²) in [6.45, 7) is 10.9. The van der Waals surface area contributed by atoms with Crippen LogP contribution in [0.4, 0.5) is 13.2 Å². The van der Waals surface area contributed by atoms with Crippen LogP contribution in [-0.4, -0.2) is 27.5 Å². The molecule has 0 radical (unpaired) electrons. The second-order valence-electron chi connectivity index (χ2n) is 12.9. The predicted molar refractivity (Wildman–Crippen MR) is 200 cm³/mol. The molecular weight excluding hydrogens is 694 g/mol. The number of halogens is 3. The van der Waals surface area contributed by atoms with E-state index in [0.29, 0.717) is 24.7 Å². The number of benzene rings is 4. The molecule has 0 aliphatic carbocycles. The number of ether oxygens (including phenoxy) is 2. The van der Waals surface area contributed by atoms with Gasteiger partial charge in [0, 0.05) is 20.4 Å². The van der Waals surface area contributed by atoms with Crippen LogP contribution in [0, 0.1) is 6.92 Å². The summed E-state index contributed by atoms with van der Waals surface area (Å²) >= 11 is 3.23. The maximum atomic E-state index is 13.4. The van der Waals surface area contributed by atoms with Crippen molar-refractivity contribution < 1.29 is 31.9 Å². The average molecular weight is 735 g/mol. The summed E-state index contributed by atoms with van der Waals surface area (Å²) < 4.78 is 58.0. The highest BCUT2D eigenvalue weighted by molar-refractivity contribution is 7.98. The molecule has 1 heterocycles. The lowest BCUT2D eigenvalue weighted by atomic mass is 10.1. The lowest BCUT2D eigenvalue weighted by Gasteiger charge is -2.43. The normalized spacial score (nSPS) is 12.2. The van der Waals surface area contributed by atoms with Crippen molar-refractivity contribution in [2.75, 3.05) is 13.2 Å². The zero-order chi connectivity index (χ0) is 35.9. The molecule has 1 aromatic heterocycles. The van der Waals surface area contributed by atoms with Crippen LogP contribution in [0.3, 0.4) is 0 Å². The number of thioether (sulfide) groups is 1. The number of hydrogen-bond donors (Lipinski definition) is 0. The molecular formula is C40H41F3O4S2Si. The highest BCUT2D eigenvalue weighted by Crippen LogP contribution is 2.41. The van der Waals surface area contributed by atoms with Crippen molar-refractivity contribution in [2.45, 2.75) is 63.1 Å². The minimum atomic E-state index is -4.40. The van der Waals surface area contributed by atoms with Gasteiger partial charge < -0.3 is 13.9 Å². The van der Waals surface area contributed by atoms with Crippen LogP contribution >= 0.6 is 23.1 Å². The third-order valence-corrected chi connectivity index (χ3v) is 15.8. The van der Waals surface area contributed by atoms with Gasteiger partial charge in [0.25, 0.3) is 8.32 Å². The Kier molecular flexibility index (Phi) is 12.0. The first kappa shape index (κ1) is 37.4. The zero-order valence-corrected chi connectivity index (χ0v) is 31.4. The summed E-state index contributed by atoms with van der Waals surface area (Å²) in [5.74, 6) is 0.829. The number of carbonyl (C=O) groups excluding carboxylic acids is 1. The lowest BCUT2D eigenvalue weighted by molar-refractivity contribution is -0.145. The molecule has 0 N–H and O–H groups in total. The van der Waals surface area contributed by atoms with Gasteiger partial charge in [0.1, 0.15) is 5.75 Å². The van der Waals surface area contributed by atoms with Gasteiger partial charge in [0.15, 0.2) is 6.61 Å². The van der Waals surface area contributed by atoms with Gasteiger partial charge in [-0.25, -0.2) is 4.79 Å². The highest BCUT2D eigenvalue weighted by Gasteiger charge is 2.50. The second kappa shape index (κ2) is 16.0. The Labute approximate surface area is 301 Å². The number of aryl methyl sites for hydroxylation is 1. The Balaban J connectivity index is 1.47. The monoisotopic (exact) mass is 734 g/mol. The van der Waals surface area contributed by atoms with Crippen molar-refractivity contribution >= 4 is 47.8 Å². The van der Waals surface area contributed by atoms with Gasteiger partial charge in [-0.2, -0.15) is 13.2 Å². The van der Waals surface area contributed by atoms with Gasteiger partial charge in [-0.1, -0.05) is 93.6 Å². The van der Waals surface area contributed by atoms with E-state index in [1.54, 1.807) is 30.0 Å². The summed E-state index contributed by atoms with van der Waals surface area (Å²) in [5.41, 5.74) is 1.96. The smallest absolute Gasteiger partial charge is 0.416 e. The van der Waals surface area contributed by atoms with E-state index >= 15 is 0 Å². The maximum absolute atomic E-state index is 13.4. The molecule has 0 fully saturated rings. The quantitative estimate of drug-likeness (QED) is 0.0685. The second-order valence-corrected chi connectivity index (χ2v) is 19.4. The number of esters is 1. The molecule has 0 saturated carbocycles. The van der Waals surface area contributed by atoms with E-state index in [4.69, 9.17) is 13.9 Å². The van der Waals surface area contributed by atoms with E-state index in [1.807, 2.05) is 37.3 Å². The summed E-state index contributed by atoms with van der Waals surface area (Å²) in [7, 11) is -2.85. The summed E-state index contributed by atoms with van der Waals surface area (Å²) in [6, 6.07) is 34.1. The largest absolute Gasteiger partial charge is 0.482 e. The third-order valence-electron chi connectivity index (χ3n) is 8.42. The molecule has 10 heteroatoms. The molecule has 4 nitrogen and oxygen atoms in total. The third kappa shape index (κ3) is 8.72. The predicted octanol–water partition coefficient (Wildman–Crippen LogP) is 10.1. The molecule has 0 saturated heterocycles. The van der Waals surface area contributed by atoms with E-state index in [9.17, 15) is 18.0 Å². The Morgan fingerprint density at radius 2 is 1.46 bits per heavy atom.